The predicted octanol–water partition coefficient (Wildman–Crippen LogP) is 4.24. The number of nitrogens with zero attached hydrogens (tertiary/aromatic N) is 2. The van der Waals surface area contributed by atoms with E-state index in [1.165, 1.54) is 12.2 Å². The minimum atomic E-state index is -4.34. The Balaban J connectivity index is 1.76. The molecule has 0 unspecified atom stereocenters. The molecule has 0 saturated carbocycles. The Kier molecular flexibility index (Phi) is 7.04. The lowest BCUT2D eigenvalue weighted by Gasteiger charge is -2.34. The smallest absolute Gasteiger partial charge is 0.268 e. The van der Waals surface area contributed by atoms with E-state index >= 15 is 0 Å². The van der Waals surface area contributed by atoms with Gasteiger partial charge in [0.05, 0.1) is 17.9 Å². The zero-order chi connectivity index (χ0) is 26.1. The number of ketones is 1. The van der Waals surface area contributed by atoms with Crippen molar-refractivity contribution in [1.82, 2.24) is 9.71 Å². The molecule has 1 saturated heterocycles. The summed E-state index contributed by atoms with van der Waals surface area (Å²) in [6, 6.07) is 10.8. The number of anilines is 1. The quantitative estimate of drug-likeness (QED) is 0.595. The standard InChI is InChI=1S/C27H31N3O5S/c1-5-35-20-10-8-9-19(15-20)22-14-13-21(25(28-22)30-17-18(2)16-27(30,3)4)26(32)29-36(33,34)24-12-7-6-11-23(24)31/h6-10,12-15,18H,5,11,16-17H2,1-4H3,(H,29,32)/t18-/m0/s1. The van der Waals surface area contributed by atoms with Crippen LogP contribution in [0.3, 0.4) is 0 Å². The van der Waals surface area contributed by atoms with Crippen LogP contribution < -0.4 is 14.4 Å². The van der Waals surface area contributed by atoms with Gasteiger partial charge in [-0.3, -0.25) is 9.59 Å². The summed E-state index contributed by atoms with van der Waals surface area (Å²) in [4.78, 5) is 32.0. The van der Waals surface area contributed by atoms with Crippen LogP contribution >= 0.6 is 0 Å². The summed E-state index contributed by atoms with van der Waals surface area (Å²) >= 11 is 0. The van der Waals surface area contributed by atoms with E-state index in [0.717, 1.165) is 12.0 Å². The van der Waals surface area contributed by atoms with Crippen LogP contribution in [0.5, 0.6) is 5.75 Å². The van der Waals surface area contributed by atoms with Crippen LogP contribution in [0.1, 0.15) is 50.9 Å². The van der Waals surface area contributed by atoms with Crippen molar-refractivity contribution in [1.29, 1.82) is 0 Å². The van der Waals surface area contributed by atoms with Crippen molar-refractivity contribution in [2.24, 2.45) is 5.92 Å². The van der Waals surface area contributed by atoms with Crippen LogP contribution in [0.25, 0.3) is 11.3 Å². The number of hydrogen-bond acceptors (Lipinski definition) is 7. The summed E-state index contributed by atoms with van der Waals surface area (Å²) in [5, 5.41) is 0. The van der Waals surface area contributed by atoms with E-state index in [9.17, 15) is 18.0 Å². The molecule has 9 heteroatoms. The van der Waals surface area contributed by atoms with E-state index in [1.807, 2.05) is 31.2 Å². The van der Waals surface area contributed by atoms with Gasteiger partial charge in [0.2, 0.25) is 0 Å². The van der Waals surface area contributed by atoms with Crippen molar-refractivity contribution in [3.63, 3.8) is 0 Å². The van der Waals surface area contributed by atoms with Gasteiger partial charge in [-0.25, -0.2) is 18.1 Å². The molecule has 2 aliphatic rings. The van der Waals surface area contributed by atoms with Crippen LogP contribution in [0.4, 0.5) is 5.82 Å². The topological polar surface area (TPSA) is 106 Å². The zero-order valence-corrected chi connectivity index (χ0v) is 21.8. The molecular formula is C27H31N3O5S. The van der Waals surface area contributed by atoms with E-state index < -0.39 is 26.6 Å². The summed E-state index contributed by atoms with van der Waals surface area (Å²) in [5.41, 5.74) is 1.29. The van der Waals surface area contributed by atoms with Gasteiger partial charge < -0.3 is 9.64 Å². The third-order valence-electron chi connectivity index (χ3n) is 6.37. The molecule has 36 heavy (non-hydrogen) atoms. The summed E-state index contributed by atoms with van der Waals surface area (Å²) in [5.74, 6) is 0.0881. The first-order chi connectivity index (χ1) is 17.0. The molecule has 1 aliphatic carbocycles. The number of amides is 1. The molecule has 4 rings (SSSR count). The number of aromatic nitrogens is 1. The molecule has 1 aromatic heterocycles. The van der Waals surface area contributed by atoms with Gasteiger partial charge in [-0.15, -0.1) is 0 Å². The first kappa shape index (κ1) is 25.6. The first-order valence-electron chi connectivity index (χ1n) is 12.0. The van der Waals surface area contributed by atoms with Gasteiger partial charge in [0, 0.05) is 24.1 Å². The number of pyridine rings is 1. The average molecular weight is 510 g/mol. The maximum absolute atomic E-state index is 13.3. The van der Waals surface area contributed by atoms with Crippen molar-refractivity contribution >= 4 is 27.5 Å². The summed E-state index contributed by atoms with van der Waals surface area (Å²) in [6.45, 7) is 9.41. The molecular weight excluding hydrogens is 478 g/mol. The highest BCUT2D eigenvalue weighted by Crippen LogP contribution is 2.38. The van der Waals surface area contributed by atoms with Crippen molar-refractivity contribution in [3.05, 3.63) is 65.1 Å². The number of ether oxygens (including phenoxy) is 1. The monoisotopic (exact) mass is 509 g/mol. The third kappa shape index (κ3) is 5.21. The molecule has 2 heterocycles. The predicted molar refractivity (Wildman–Crippen MR) is 139 cm³/mol. The highest BCUT2D eigenvalue weighted by molar-refractivity contribution is 7.95. The average Bonchev–Trinajstić information content (AvgIpc) is 3.10. The Labute approximate surface area is 212 Å². The number of carbonyl (C=O) groups excluding carboxylic acids is 2. The minimum Gasteiger partial charge on any atom is -0.494 e. The van der Waals surface area contributed by atoms with E-state index in [0.29, 0.717) is 36.3 Å². The highest BCUT2D eigenvalue weighted by atomic mass is 32.2. The van der Waals surface area contributed by atoms with Crippen LogP contribution in [0.2, 0.25) is 0 Å². The lowest BCUT2D eigenvalue weighted by atomic mass is 9.97. The molecule has 1 atom stereocenters. The second kappa shape index (κ2) is 9.89. The number of hydrogen-bond donors (Lipinski definition) is 1. The van der Waals surface area contributed by atoms with Crippen LogP contribution in [0, 0.1) is 5.92 Å². The molecule has 0 radical (unpaired) electrons. The van der Waals surface area contributed by atoms with Crippen LogP contribution in [-0.2, 0) is 14.8 Å². The van der Waals surface area contributed by atoms with E-state index in [1.54, 1.807) is 18.2 Å². The van der Waals surface area contributed by atoms with Gasteiger partial charge in [0.15, 0.2) is 5.78 Å². The third-order valence-corrected chi connectivity index (χ3v) is 7.76. The molecule has 0 bridgehead atoms. The van der Waals surface area contributed by atoms with E-state index in [-0.39, 0.29) is 17.5 Å². The molecule has 2 aromatic rings. The fourth-order valence-electron chi connectivity index (χ4n) is 4.86. The summed E-state index contributed by atoms with van der Waals surface area (Å²) < 4.78 is 33.5. The molecule has 1 aliphatic heterocycles. The molecule has 1 amide bonds. The zero-order valence-electron chi connectivity index (χ0n) is 20.9. The Bertz CT molecular complexity index is 1360. The Morgan fingerprint density at radius 2 is 2.03 bits per heavy atom. The molecule has 0 spiro atoms. The Morgan fingerprint density at radius 1 is 1.25 bits per heavy atom. The molecule has 1 aromatic carbocycles. The second-order valence-corrected chi connectivity index (χ2v) is 11.4. The lowest BCUT2D eigenvalue weighted by molar-refractivity contribution is -0.114. The van der Waals surface area contributed by atoms with Gasteiger partial charge in [0.1, 0.15) is 16.5 Å². The molecule has 1 N–H and O–H groups in total. The number of carbonyl (C=O) groups is 2. The number of Topliss-reactive ketones (excluding diaryl/α,β-unsaturated/α-hetero) is 1. The SMILES string of the molecule is CCOc1cccc(-c2ccc(C(=O)NS(=O)(=O)C3=CC=CCC3=O)c(N3C[C@@H](C)CC3(C)C)n2)c1. The van der Waals surface area contributed by atoms with Crippen LogP contribution in [-0.4, -0.2) is 43.8 Å². The fourth-order valence-corrected chi connectivity index (χ4v) is 5.96. The van der Waals surface area contributed by atoms with Gasteiger partial charge in [-0.05, 0) is 63.5 Å². The maximum atomic E-state index is 13.3. The summed E-state index contributed by atoms with van der Waals surface area (Å²) in [6.07, 6.45) is 5.14. The van der Waals surface area contributed by atoms with Crippen molar-refractivity contribution in [3.8, 4) is 17.0 Å². The Hall–Kier alpha value is -3.46. The maximum Gasteiger partial charge on any atom is 0.268 e. The number of nitrogens with one attached hydrogen (secondary N) is 1. The van der Waals surface area contributed by atoms with E-state index in [2.05, 4.69) is 30.4 Å². The largest absolute Gasteiger partial charge is 0.494 e. The van der Waals surface area contributed by atoms with E-state index in [4.69, 9.17) is 9.72 Å². The Morgan fingerprint density at radius 3 is 2.69 bits per heavy atom. The van der Waals surface area contributed by atoms with Crippen molar-refractivity contribution in [2.75, 3.05) is 18.1 Å². The number of allylic oxidation sites excluding steroid dienone is 4. The van der Waals surface area contributed by atoms with Crippen LogP contribution in [0.15, 0.2) is 59.5 Å². The number of benzene rings is 1. The first-order valence-corrected chi connectivity index (χ1v) is 13.5. The highest BCUT2D eigenvalue weighted by Gasteiger charge is 2.39. The second-order valence-electron chi connectivity index (χ2n) is 9.78. The molecule has 190 valence electrons. The minimum absolute atomic E-state index is 0.0247. The van der Waals surface area contributed by atoms with Gasteiger partial charge in [0.25, 0.3) is 15.9 Å². The lowest BCUT2D eigenvalue weighted by Crippen LogP contribution is -2.41. The fraction of sp³-hybridized carbons (Fsp3) is 0.370. The number of sulfonamides is 1. The van der Waals surface area contributed by atoms with Gasteiger partial charge in [-0.1, -0.05) is 31.2 Å². The summed E-state index contributed by atoms with van der Waals surface area (Å²) in [7, 11) is -4.34. The molecule has 8 nitrogen and oxygen atoms in total. The normalized spacial score (nSPS) is 19.2. The molecule has 1 fully saturated rings. The van der Waals surface area contributed by atoms with Gasteiger partial charge >= 0.3 is 0 Å². The van der Waals surface area contributed by atoms with Crippen molar-refractivity contribution in [2.45, 2.75) is 46.1 Å². The number of rotatable bonds is 7. The van der Waals surface area contributed by atoms with Gasteiger partial charge in [-0.2, -0.15) is 0 Å². The van der Waals surface area contributed by atoms with Crippen molar-refractivity contribution < 1.29 is 22.7 Å².